The van der Waals surface area contributed by atoms with Crippen molar-refractivity contribution < 1.29 is 19.4 Å². The summed E-state index contributed by atoms with van der Waals surface area (Å²) in [6.45, 7) is 17.1. The van der Waals surface area contributed by atoms with Crippen molar-refractivity contribution in [2.24, 2.45) is 0 Å². The quantitative estimate of drug-likeness (QED) is 0.633. The number of aromatic carboxylic acids is 1. The van der Waals surface area contributed by atoms with Crippen LogP contribution in [0.2, 0.25) is 18.1 Å². The second kappa shape index (κ2) is 8.65. The minimum Gasteiger partial charge on any atom is -0.478 e. The Morgan fingerprint density at radius 2 is 1.65 bits per heavy atom. The van der Waals surface area contributed by atoms with Crippen LogP contribution in [-0.2, 0) is 11.0 Å². The van der Waals surface area contributed by atoms with Crippen LogP contribution in [0.15, 0.2) is 24.3 Å². The van der Waals surface area contributed by atoms with E-state index in [0.717, 1.165) is 5.56 Å². The molecule has 26 heavy (non-hydrogen) atoms. The van der Waals surface area contributed by atoms with Gasteiger partial charge in [0.25, 0.3) is 0 Å². The zero-order valence-corrected chi connectivity index (χ0v) is 18.3. The van der Waals surface area contributed by atoms with Crippen molar-refractivity contribution in [2.45, 2.75) is 64.8 Å². The van der Waals surface area contributed by atoms with Gasteiger partial charge in [-0.05, 0) is 49.7 Å². The second-order valence-electron chi connectivity index (χ2n) is 9.00. The highest BCUT2D eigenvalue weighted by Gasteiger charge is 2.37. The fourth-order valence-electron chi connectivity index (χ4n) is 2.30. The predicted octanol–water partition coefficient (Wildman–Crippen LogP) is 3.98. The first kappa shape index (κ1) is 22.8. The standard InChI is InChI=1S/C20H35NO4Si/c1-19(2,3)26(6,7)25-13-12-21(20(4,5)15-22)14-16-8-10-17(11-9-16)18(23)24/h8-11,22H,12-15H2,1-7H3,(H,23,24). The van der Waals surface area contributed by atoms with Gasteiger partial charge in [0, 0.05) is 25.2 Å². The largest absolute Gasteiger partial charge is 0.478 e. The van der Waals surface area contributed by atoms with E-state index in [2.05, 4.69) is 38.8 Å². The van der Waals surface area contributed by atoms with Crippen LogP contribution in [0.5, 0.6) is 0 Å². The Bertz CT molecular complexity index is 591. The van der Waals surface area contributed by atoms with Crippen molar-refractivity contribution in [1.29, 1.82) is 0 Å². The number of benzene rings is 1. The highest BCUT2D eigenvalue weighted by molar-refractivity contribution is 6.74. The van der Waals surface area contributed by atoms with E-state index in [1.165, 1.54) is 0 Å². The molecular weight excluding hydrogens is 346 g/mol. The lowest BCUT2D eigenvalue weighted by Gasteiger charge is -2.40. The van der Waals surface area contributed by atoms with Crippen LogP contribution < -0.4 is 0 Å². The maximum absolute atomic E-state index is 11.0. The molecule has 0 saturated heterocycles. The zero-order chi connectivity index (χ0) is 20.2. The van der Waals surface area contributed by atoms with Gasteiger partial charge in [-0.15, -0.1) is 0 Å². The van der Waals surface area contributed by atoms with Crippen LogP contribution in [0.3, 0.4) is 0 Å². The van der Waals surface area contributed by atoms with Crippen LogP contribution in [0.25, 0.3) is 0 Å². The first-order valence-electron chi connectivity index (χ1n) is 9.12. The van der Waals surface area contributed by atoms with Gasteiger partial charge in [0.15, 0.2) is 8.32 Å². The normalized spacial score (nSPS) is 13.3. The second-order valence-corrected chi connectivity index (χ2v) is 13.8. The smallest absolute Gasteiger partial charge is 0.335 e. The molecule has 0 saturated carbocycles. The lowest BCUT2D eigenvalue weighted by Crippen LogP contribution is -2.49. The Balaban J connectivity index is 2.82. The molecule has 0 spiro atoms. The third kappa shape index (κ3) is 6.19. The molecule has 1 aromatic carbocycles. The molecular formula is C20H35NO4Si. The minimum atomic E-state index is -1.81. The first-order valence-corrected chi connectivity index (χ1v) is 12.0. The molecule has 5 nitrogen and oxygen atoms in total. The molecule has 1 aromatic rings. The Hall–Kier alpha value is -1.21. The first-order chi connectivity index (χ1) is 11.8. The van der Waals surface area contributed by atoms with Gasteiger partial charge in [0.2, 0.25) is 0 Å². The van der Waals surface area contributed by atoms with Gasteiger partial charge in [-0.2, -0.15) is 0 Å². The van der Waals surface area contributed by atoms with Crippen LogP contribution in [0, 0.1) is 0 Å². The summed E-state index contributed by atoms with van der Waals surface area (Å²) < 4.78 is 6.29. The molecule has 0 bridgehead atoms. The maximum atomic E-state index is 11.0. The van der Waals surface area contributed by atoms with Crippen molar-refractivity contribution >= 4 is 14.3 Å². The molecule has 0 amide bonds. The van der Waals surface area contributed by atoms with Gasteiger partial charge < -0.3 is 14.6 Å². The van der Waals surface area contributed by atoms with Crippen LogP contribution in [0.1, 0.15) is 50.5 Å². The van der Waals surface area contributed by atoms with Crippen molar-refractivity contribution in [3.05, 3.63) is 35.4 Å². The number of hydrogen-bond acceptors (Lipinski definition) is 4. The highest BCUT2D eigenvalue weighted by Crippen LogP contribution is 2.36. The Labute approximate surface area is 159 Å². The molecule has 2 N–H and O–H groups in total. The molecule has 0 atom stereocenters. The van der Waals surface area contributed by atoms with Gasteiger partial charge in [-0.1, -0.05) is 32.9 Å². The number of nitrogens with zero attached hydrogens (tertiary/aromatic N) is 1. The molecule has 6 heteroatoms. The van der Waals surface area contributed by atoms with Gasteiger partial charge in [0.05, 0.1) is 12.2 Å². The maximum Gasteiger partial charge on any atom is 0.335 e. The molecule has 0 unspecified atom stereocenters. The Kier molecular flexibility index (Phi) is 7.59. The van der Waals surface area contributed by atoms with Crippen molar-refractivity contribution in [2.75, 3.05) is 19.8 Å². The summed E-state index contributed by atoms with van der Waals surface area (Å²) in [5, 5.41) is 19.0. The van der Waals surface area contributed by atoms with E-state index in [4.69, 9.17) is 9.53 Å². The van der Waals surface area contributed by atoms with Gasteiger partial charge in [-0.25, -0.2) is 4.79 Å². The number of carboxylic acids is 1. The summed E-state index contributed by atoms with van der Waals surface area (Å²) in [5.41, 5.74) is 0.911. The van der Waals surface area contributed by atoms with E-state index < -0.39 is 14.3 Å². The van der Waals surface area contributed by atoms with E-state index in [-0.39, 0.29) is 22.7 Å². The topological polar surface area (TPSA) is 70.0 Å². The van der Waals surface area contributed by atoms with E-state index in [1.807, 2.05) is 26.0 Å². The molecule has 0 fully saturated rings. The van der Waals surface area contributed by atoms with Crippen LogP contribution in [-0.4, -0.2) is 54.7 Å². The molecule has 0 aliphatic heterocycles. The molecule has 0 radical (unpaired) electrons. The zero-order valence-electron chi connectivity index (χ0n) is 17.3. The number of carbonyl (C=O) groups is 1. The fourth-order valence-corrected chi connectivity index (χ4v) is 3.33. The van der Waals surface area contributed by atoms with E-state index in [9.17, 15) is 9.90 Å². The SMILES string of the molecule is CC(C)(CO)N(CCO[Si](C)(C)C(C)(C)C)Cc1ccc(C(=O)O)cc1. The molecule has 0 aliphatic carbocycles. The summed E-state index contributed by atoms with van der Waals surface area (Å²) in [7, 11) is -1.81. The molecule has 148 valence electrons. The predicted molar refractivity (Wildman–Crippen MR) is 108 cm³/mol. The van der Waals surface area contributed by atoms with Crippen molar-refractivity contribution in [1.82, 2.24) is 4.90 Å². The molecule has 1 rings (SSSR count). The number of rotatable bonds is 9. The van der Waals surface area contributed by atoms with E-state index in [1.54, 1.807) is 12.1 Å². The molecule has 0 heterocycles. The average Bonchev–Trinajstić information content (AvgIpc) is 2.53. The fraction of sp³-hybridized carbons (Fsp3) is 0.650. The summed E-state index contributed by atoms with van der Waals surface area (Å²) >= 11 is 0. The lowest BCUT2D eigenvalue weighted by molar-refractivity contribution is 0.0386. The third-order valence-corrected chi connectivity index (χ3v) is 9.99. The minimum absolute atomic E-state index is 0.0420. The van der Waals surface area contributed by atoms with Crippen molar-refractivity contribution in [3.63, 3.8) is 0 Å². The Morgan fingerprint density at radius 1 is 1.12 bits per heavy atom. The lowest BCUT2D eigenvalue weighted by atomic mass is 10.0. The highest BCUT2D eigenvalue weighted by atomic mass is 28.4. The molecule has 0 aromatic heterocycles. The number of carboxylic acid groups (broad SMARTS) is 1. The summed E-state index contributed by atoms with van der Waals surface area (Å²) in [6.07, 6.45) is 0. The van der Waals surface area contributed by atoms with Gasteiger partial charge >= 0.3 is 5.97 Å². The van der Waals surface area contributed by atoms with Crippen LogP contribution in [0.4, 0.5) is 0 Å². The summed E-state index contributed by atoms with van der Waals surface area (Å²) in [6, 6.07) is 6.90. The number of aliphatic hydroxyl groups is 1. The summed E-state index contributed by atoms with van der Waals surface area (Å²) in [5.74, 6) is -0.924. The van der Waals surface area contributed by atoms with E-state index >= 15 is 0 Å². The third-order valence-electron chi connectivity index (χ3n) is 5.45. The summed E-state index contributed by atoms with van der Waals surface area (Å²) in [4.78, 5) is 13.2. The van der Waals surface area contributed by atoms with Crippen LogP contribution >= 0.6 is 0 Å². The van der Waals surface area contributed by atoms with Crippen molar-refractivity contribution in [3.8, 4) is 0 Å². The van der Waals surface area contributed by atoms with E-state index in [0.29, 0.717) is 19.7 Å². The Morgan fingerprint density at radius 3 is 2.08 bits per heavy atom. The number of aliphatic hydroxyl groups excluding tert-OH is 1. The van der Waals surface area contributed by atoms with Gasteiger partial charge in [0.1, 0.15) is 0 Å². The average molecular weight is 382 g/mol. The molecule has 0 aliphatic rings. The number of hydrogen-bond donors (Lipinski definition) is 2. The van der Waals surface area contributed by atoms with Gasteiger partial charge in [-0.3, -0.25) is 4.90 Å². The monoisotopic (exact) mass is 381 g/mol.